The monoisotopic (exact) mass is 325 g/mol. The Hall–Kier alpha value is -2.95. The van der Waals surface area contributed by atoms with E-state index in [0.717, 1.165) is 16.8 Å². The van der Waals surface area contributed by atoms with Crippen LogP contribution in [0.2, 0.25) is 0 Å². The molecule has 0 aliphatic rings. The second-order valence-corrected chi connectivity index (χ2v) is 6.17. The van der Waals surface area contributed by atoms with Crippen LogP contribution < -0.4 is 0 Å². The molecule has 0 aliphatic heterocycles. The van der Waals surface area contributed by atoms with Gasteiger partial charge in [0, 0.05) is 23.1 Å². The number of hydrogen-bond acceptors (Lipinski definition) is 3. The Morgan fingerprint density at radius 3 is 2.25 bits per heavy atom. The van der Waals surface area contributed by atoms with Crippen LogP contribution in [0, 0.1) is 0 Å². The molecule has 3 N–H and O–H groups in total. The van der Waals surface area contributed by atoms with Crippen molar-refractivity contribution in [2.45, 2.75) is 26.3 Å². The normalized spacial score (nSPS) is 11.3. The molecule has 1 heterocycles. The lowest BCUT2D eigenvalue weighted by Crippen LogP contribution is -2.09. The first-order chi connectivity index (χ1) is 11.4. The van der Waals surface area contributed by atoms with Gasteiger partial charge in [-0.1, -0.05) is 26.0 Å². The molecule has 3 aromatic rings. The first-order valence-electron chi connectivity index (χ1n) is 7.74. The molecule has 0 saturated carbocycles. The fraction of sp³-hybridized carbons (Fsp3) is 0.211. The van der Waals surface area contributed by atoms with Crippen molar-refractivity contribution in [1.29, 1.82) is 0 Å². The van der Waals surface area contributed by atoms with Gasteiger partial charge in [0.1, 0.15) is 11.5 Å². The molecular formula is C19H19NO4. The topological polar surface area (TPSA) is 82.7 Å². The van der Waals surface area contributed by atoms with Crippen LogP contribution in [0.1, 0.15) is 41.4 Å². The highest BCUT2D eigenvalue weighted by Gasteiger charge is 2.24. The molecule has 5 nitrogen and oxygen atoms in total. The van der Waals surface area contributed by atoms with Gasteiger partial charge >= 0.3 is 5.97 Å². The number of carbonyl (C=O) groups is 1. The first-order valence-corrected chi connectivity index (χ1v) is 7.74. The standard InChI is InChI=1S/C19H19NO4/c1-11(2)18-17(19(23)24)15-9-14(22)7-8-16(15)20(18)10-12-3-5-13(21)6-4-12/h3-9,11,21-22H,10H2,1-2H3,(H,23,24). The molecular weight excluding hydrogens is 306 g/mol. The van der Waals surface area contributed by atoms with E-state index < -0.39 is 5.97 Å². The number of nitrogens with zero attached hydrogens (tertiary/aromatic N) is 1. The van der Waals surface area contributed by atoms with Gasteiger partial charge in [0.2, 0.25) is 0 Å². The summed E-state index contributed by atoms with van der Waals surface area (Å²) in [6, 6.07) is 11.6. The van der Waals surface area contributed by atoms with Gasteiger partial charge in [-0.2, -0.15) is 0 Å². The van der Waals surface area contributed by atoms with Crippen molar-refractivity contribution in [1.82, 2.24) is 4.57 Å². The highest BCUT2D eigenvalue weighted by Crippen LogP contribution is 2.34. The Labute approximate surface area is 139 Å². The number of benzene rings is 2. The lowest BCUT2D eigenvalue weighted by Gasteiger charge is -2.14. The fourth-order valence-corrected chi connectivity index (χ4v) is 3.14. The van der Waals surface area contributed by atoms with Gasteiger partial charge in [0.05, 0.1) is 5.56 Å². The van der Waals surface area contributed by atoms with Crippen LogP contribution in [0.3, 0.4) is 0 Å². The molecule has 0 amide bonds. The maximum absolute atomic E-state index is 11.8. The molecule has 0 spiro atoms. The predicted octanol–water partition coefficient (Wildman–Crippen LogP) is 3.92. The number of carboxylic acids is 1. The molecule has 24 heavy (non-hydrogen) atoms. The molecule has 0 fully saturated rings. The van der Waals surface area contributed by atoms with Gasteiger partial charge in [-0.15, -0.1) is 0 Å². The minimum absolute atomic E-state index is 0.00255. The van der Waals surface area contributed by atoms with E-state index >= 15 is 0 Å². The van der Waals surface area contributed by atoms with Gasteiger partial charge in [-0.05, 0) is 41.8 Å². The van der Waals surface area contributed by atoms with E-state index in [9.17, 15) is 20.1 Å². The van der Waals surface area contributed by atoms with Crippen LogP contribution in [0.25, 0.3) is 10.9 Å². The summed E-state index contributed by atoms with van der Waals surface area (Å²) in [7, 11) is 0. The highest BCUT2D eigenvalue weighted by molar-refractivity contribution is 6.05. The molecule has 2 aromatic carbocycles. The SMILES string of the molecule is CC(C)c1c(C(=O)O)c2cc(O)ccc2n1Cc1ccc(O)cc1. The number of aromatic carboxylic acids is 1. The van der Waals surface area contributed by atoms with Gasteiger partial charge in [-0.3, -0.25) is 0 Å². The van der Waals surface area contributed by atoms with Crippen molar-refractivity contribution in [3.05, 3.63) is 59.3 Å². The second-order valence-electron chi connectivity index (χ2n) is 6.17. The molecule has 1 aromatic heterocycles. The minimum atomic E-state index is -1.00. The van der Waals surface area contributed by atoms with E-state index in [1.54, 1.807) is 24.3 Å². The quantitative estimate of drug-likeness (QED) is 0.679. The van der Waals surface area contributed by atoms with Crippen LogP contribution in [-0.4, -0.2) is 25.9 Å². The largest absolute Gasteiger partial charge is 0.508 e. The third-order valence-corrected chi connectivity index (χ3v) is 4.12. The molecule has 0 atom stereocenters. The lowest BCUT2D eigenvalue weighted by molar-refractivity contribution is 0.0697. The van der Waals surface area contributed by atoms with Crippen molar-refractivity contribution < 1.29 is 20.1 Å². The molecule has 0 radical (unpaired) electrons. The third kappa shape index (κ3) is 2.69. The molecule has 0 aliphatic carbocycles. The summed E-state index contributed by atoms with van der Waals surface area (Å²) in [5.74, 6) is -0.764. The third-order valence-electron chi connectivity index (χ3n) is 4.12. The molecule has 5 heteroatoms. The fourth-order valence-electron chi connectivity index (χ4n) is 3.14. The number of aromatic hydroxyl groups is 2. The van der Waals surface area contributed by atoms with Crippen LogP contribution in [-0.2, 0) is 6.54 Å². The Balaban J connectivity index is 2.27. The van der Waals surface area contributed by atoms with Crippen molar-refractivity contribution in [3.8, 4) is 11.5 Å². The van der Waals surface area contributed by atoms with E-state index in [-0.39, 0.29) is 23.0 Å². The molecule has 3 rings (SSSR count). The highest BCUT2D eigenvalue weighted by atomic mass is 16.4. The van der Waals surface area contributed by atoms with E-state index in [2.05, 4.69) is 0 Å². The van der Waals surface area contributed by atoms with Gasteiger partial charge in [-0.25, -0.2) is 4.79 Å². The Bertz CT molecular complexity index is 907. The van der Waals surface area contributed by atoms with Crippen molar-refractivity contribution in [2.75, 3.05) is 0 Å². The average Bonchev–Trinajstić information content (AvgIpc) is 2.83. The van der Waals surface area contributed by atoms with Crippen molar-refractivity contribution >= 4 is 16.9 Å². The number of phenols is 2. The van der Waals surface area contributed by atoms with E-state index in [1.807, 2.05) is 30.5 Å². The zero-order valence-corrected chi connectivity index (χ0v) is 13.5. The summed E-state index contributed by atoms with van der Waals surface area (Å²) in [6.45, 7) is 4.39. The zero-order valence-electron chi connectivity index (χ0n) is 13.5. The predicted molar refractivity (Wildman–Crippen MR) is 91.9 cm³/mol. The van der Waals surface area contributed by atoms with Crippen LogP contribution >= 0.6 is 0 Å². The number of aromatic nitrogens is 1. The molecule has 0 unspecified atom stereocenters. The molecule has 0 saturated heterocycles. The number of hydrogen-bond donors (Lipinski definition) is 3. The summed E-state index contributed by atoms with van der Waals surface area (Å²) >= 11 is 0. The Kier molecular flexibility index (Phi) is 3.93. The first kappa shape index (κ1) is 15.9. The Morgan fingerprint density at radius 1 is 1.04 bits per heavy atom. The number of rotatable bonds is 4. The number of phenolic OH excluding ortho intramolecular Hbond substituents is 2. The smallest absolute Gasteiger partial charge is 0.338 e. The van der Waals surface area contributed by atoms with Gasteiger partial charge in [0.25, 0.3) is 0 Å². The molecule has 124 valence electrons. The second kappa shape index (κ2) is 5.92. The number of carboxylic acid groups (broad SMARTS) is 1. The zero-order chi connectivity index (χ0) is 17.4. The molecule has 0 bridgehead atoms. The van der Waals surface area contributed by atoms with Crippen LogP contribution in [0.15, 0.2) is 42.5 Å². The van der Waals surface area contributed by atoms with Crippen molar-refractivity contribution in [2.24, 2.45) is 0 Å². The number of fused-ring (bicyclic) bond motifs is 1. The summed E-state index contributed by atoms with van der Waals surface area (Å²) in [5.41, 5.74) is 2.67. The minimum Gasteiger partial charge on any atom is -0.508 e. The van der Waals surface area contributed by atoms with E-state index in [0.29, 0.717) is 11.9 Å². The summed E-state index contributed by atoms with van der Waals surface area (Å²) in [5, 5.41) is 29.4. The maximum atomic E-state index is 11.8. The van der Waals surface area contributed by atoms with Crippen LogP contribution in [0.4, 0.5) is 0 Å². The van der Waals surface area contributed by atoms with Gasteiger partial charge < -0.3 is 19.9 Å². The average molecular weight is 325 g/mol. The summed E-state index contributed by atoms with van der Waals surface area (Å²) < 4.78 is 1.97. The maximum Gasteiger partial charge on any atom is 0.338 e. The Morgan fingerprint density at radius 2 is 1.67 bits per heavy atom. The van der Waals surface area contributed by atoms with E-state index in [1.165, 1.54) is 6.07 Å². The lowest BCUT2D eigenvalue weighted by atomic mass is 10.0. The summed E-state index contributed by atoms with van der Waals surface area (Å²) in [4.78, 5) is 11.8. The van der Waals surface area contributed by atoms with E-state index in [4.69, 9.17) is 0 Å². The van der Waals surface area contributed by atoms with Gasteiger partial charge in [0.15, 0.2) is 0 Å². The van der Waals surface area contributed by atoms with Crippen LogP contribution in [0.5, 0.6) is 11.5 Å². The summed E-state index contributed by atoms with van der Waals surface area (Å²) in [6.07, 6.45) is 0. The van der Waals surface area contributed by atoms with Crippen molar-refractivity contribution in [3.63, 3.8) is 0 Å².